The van der Waals surface area contributed by atoms with Crippen LogP contribution in [-0.2, 0) is 13.0 Å². The second kappa shape index (κ2) is 8.05. The molecule has 8 heteroatoms. The number of nitrogens with zero attached hydrogens (tertiary/aromatic N) is 3. The molecule has 1 aliphatic heterocycles. The predicted molar refractivity (Wildman–Crippen MR) is 115 cm³/mol. The molecule has 0 radical (unpaired) electrons. The van der Waals surface area contributed by atoms with Crippen LogP contribution >= 0.6 is 11.6 Å². The lowest BCUT2D eigenvalue weighted by atomic mass is 10.00. The van der Waals surface area contributed by atoms with Gasteiger partial charge in [-0.25, -0.2) is 9.97 Å². The summed E-state index contributed by atoms with van der Waals surface area (Å²) < 4.78 is 10.7. The first-order valence-electron chi connectivity index (χ1n) is 9.21. The number of benzene rings is 2. The van der Waals surface area contributed by atoms with E-state index in [1.165, 1.54) is 17.5 Å². The van der Waals surface area contributed by atoms with Gasteiger partial charge in [0, 0.05) is 19.2 Å². The molecule has 0 unspecified atom stereocenters. The Kier molecular flexibility index (Phi) is 5.31. The van der Waals surface area contributed by atoms with Gasteiger partial charge in [0.25, 0.3) is 0 Å². The summed E-state index contributed by atoms with van der Waals surface area (Å²) >= 11 is 6.27. The van der Waals surface area contributed by atoms with Gasteiger partial charge in [-0.15, -0.1) is 0 Å². The first kappa shape index (κ1) is 19.1. The number of hydrogen-bond donors (Lipinski definition) is 2. The maximum Gasteiger partial charge on any atom is 0.159 e. The number of nitrogen functional groups attached to an aromatic ring is 1. The van der Waals surface area contributed by atoms with Crippen molar-refractivity contribution in [3.05, 3.63) is 58.9 Å². The number of hydrogen-bond acceptors (Lipinski definition) is 7. The summed E-state index contributed by atoms with van der Waals surface area (Å²) in [6, 6.07) is 11.9. The highest BCUT2D eigenvalue weighted by Gasteiger charge is 2.21. The number of nitrogens with two attached hydrogens (primary N) is 1. The lowest BCUT2D eigenvalue weighted by Crippen LogP contribution is -2.31. The number of rotatable bonds is 5. The summed E-state index contributed by atoms with van der Waals surface area (Å²) in [6.45, 7) is 1.60. The molecule has 0 fully saturated rings. The van der Waals surface area contributed by atoms with Crippen LogP contribution in [0.5, 0.6) is 11.5 Å². The van der Waals surface area contributed by atoms with Gasteiger partial charge in [-0.05, 0) is 23.6 Å². The molecule has 7 nitrogen and oxygen atoms in total. The lowest BCUT2D eigenvalue weighted by molar-refractivity contribution is 0.396. The number of anilines is 4. The third kappa shape index (κ3) is 3.73. The lowest BCUT2D eigenvalue weighted by Gasteiger charge is -2.30. The zero-order chi connectivity index (χ0) is 20.4. The largest absolute Gasteiger partial charge is 0.495 e. The van der Waals surface area contributed by atoms with Crippen LogP contribution in [0.4, 0.5) is 23.0 Å². The number of aromatic nitrogens is 2. The van der Waals surface area contributed by atoms with Crippen LogP contribution in [0.25, 0.3) is 0 Å². The highest BCUT2D eigenvalue weighted by Crippen LogP contribution is 2.39. The smallest absolute Gasteiger partial charge is 0.159 e. The van der Waals surface area contributed by atoms with Crippen molar-refractivity contribution in [1.82, 2.24) is 9.97 Å². The molecule has 1 aromatic heterocycles. The minimum atomic E-state index is 0.455. The second-order valence-electron chi connectivity index (χ2n) is 6.71. The van der Waals surface area contributed by atoms with Crippen LogP contribution in [0.3, 0.4) is 0 Å². The molecular formula is C21H22ClN5O2. The van der Waals surface area contributed by atoms with E-state index in [4.69, 9.17) is 26.8 Å². The average Bonchev–Trinajstić information content (AvgIpc) is 2.75. The van der Waals surface area contributed by atoms with Gasteiger partial charge in [0.1, 0.15) is 23.5 Å². The van der Waals surface area contributed by atoms with E-state index in [1.54, 1.807) is 26.4 Å². The number of fused-ring (bicyclic) bond motifs is 1. The molecule has 0 saturated heterocycles. The van der Waals surface area contributed by atoms with E-state index in [0.29, 0.717) is 39.5 Å². The number of nitrogens with one attached hydrogen (secondary N) is 1. The Morgan fingerprint density at radius 3 is 2.59 bits per heavy atom. The van der Waals surface area contributed by atoms with Gasteiger partial charge in [-0.3, -0.25) is 0 Å². The normalized spacial score (nSPS) is 13.0. The number of methoxy groups -OCH3 is 2. The summed E-state index contributed by atoms with van der Waals surface area (Å²) in [7, 11) is 3.13. The van der Waals surface area contributed by atoms with Gasteiger partial charge in [0.2, 0.25) is 0 Å². The van der Waals surface area contributed by atoms with Crippen molar-refractivity contribution in [2.24, 2.45) is 0 Å². The molecule has 3 N–H and O–H groups in total. The third-order valence-electron chi connectivity index (χ3n) is 5.02. The SMILES string of the molecule is COc1cc(OC)c(Nc2ncnc(N3CCc4ccccc4C3)c2N)cc1Cl. The topological polar surface area (TPSA) is 85.5 Å². The average molecular weight is 412 g/mol. The van der Waals surface area contributed by atoms with Crippen LogP contribution in [-0.4, -0.2) is 30.7 Å². The molecule has 2 heterocycles. The maximum atomic E-state index is 6.44. The van der Waals surface area contributed by atoms with Crippen LogP contribution in [0.1, 0.15) is 11.1 Å². The first-order valence-corrected chi connectivity index (χ1v) is 9.59. The molecule has 1 aliphatic rings. The molecule has 4 rings (SSSR count). The molecule has 0 atom stereocenters. The Morgan fingerprint density at radius 1 is 1.07 bits per heavy atom. The van der Waals surface area contributed by atoms with Gasteiger partial charge in [-0.2, -0.15) is 0 Å². The second-order valence-corrected chi connectivity index (χ2v) is 7.12. The van der Waals surface area contributed by atoms with Gasteiger partial charge < -0.3 is 25.4 Å². The molecule has 0 amide bonds. The molecule has 2 aromatic carbocycles. The molecule has 0 spiro atoms. The van der Waals surface area contributed by atoms with E-state index < -0.39 is 0 Å². The van der Waals surface area contributed by atoms with Gasteiger partial charge in [0.05, 0.1) is 24.9 Å². The summed E-state index contributed by atoms with van der Waals surface area (Å²) in [4.78, 5) is 10.9. The van der Waals surface area contributed by atoms with E-state index in [-0.39, 0.29) is 0 Å². The van der Waals surface area contributed by atoms with E-state index in [9.17, 15) is 0 Å². The Bertz CT molecular complexity index is 1040. The Hall–Kier alpha value is -3.19. The van der Waals surface area contributed by atoms with Crippen molar-refractivity contribution in [3.63, 3.8) is 0 Å². The standard InChI is InChI=1S/C21H22ClN5O2/c1-28-17-10-18(29-2)16(9-15(17)22)26-20-19(23)21(25-12-24-20)27-8-7-13-5-3-4-6-14(13)11-27/h3-6,9-10,12H,7-8,11,23H2,1-2H3,(H,24,25,26). The van der Waals surface area contributed by atoms with Crippen molar-refractivity contribution < 1.29 is 9.47 Å². The minimum Gasteiger partial charge on any atom is -0.495 e. The Labute approximate surface area is 174 Å². The van der Waals surface area contributed by atoms with E-state index in [0.717, 1.165) is 19.5 Å². The van der Waals surface area contributed by atoms with Crippen molar-refractivity contribution in [2.75, 3.05) is 36.7 Å². The molecule has 0 saturated carbocycles. The number of ether oxygens (including phenoxy) is 2. The van der Waals surface area contributed by atoms with Crippen LogP contribution < -0.4 is 25.4 Å². The molecular weight excluding hydrogens is 390 g/mol. The van der Waals surface area contributed by atoms with Crippen LogP contribution in [0.15, 0.2) is 42.7 Å². The molecule has 3 aromatic rings. The highest BCUT2D eigenvalue weighted by atomic mass is 35.5. The highest BCUT2D eigenvalue weighted by molar-refractivity contribution is 6.32. The van der Waals surface area contributed by atoms with Gasteiger partial charge >= 0.3 is 0 Å². The van der Waals surface area contributed by atoms with Gasteiger partial charge in [-0.1, -0.05) is 35.9 Å². The van der Waals surface area contributed by atoms with Crippen LogP contribution in [0, 0.1) is 0 Å². The fraction of sp³-hybridized carbons (Fsp3) is 0.238. The monoisotopic (exact) mass is 411 g/mol. The number of halogens is 1. The first-order chi connectivity index (χ1) is 14.1. The maximum absolute atomic E-state index is 6.44. The predicted octanol–water partition coefficient (Wildman–Crippen LogP) is 4.04. The minimum absolute atomic E-state index is 0.455. The van der Waals surface area contributed by atoms with E-state index in [2.05, 4.69) is 44.5 Å². The summed E-state index contributed by atoms with van der Waals surface area (Å²) in [6.07, 6.45) is 2.45. The molecule has 0 bridgehead atoms. The zero-order valence-corrected chi connectivity index (χ0v) is 17.0. The summed E-state index contributed by atoms with van der Waals surface area (Å²) in [5, 5.41) is 3.67. The van der Waals surface area contributed by atoms with Gasteiger partial charge in [0.15, 0.2) is 11.6 Å². The van der Waals surface area contributed by atoms with E-state index in [1.807, 2.05) is 0 Å². The molecule has 0 aliphatic carbocycles. The zero-order valence-electron chi connectivity index (χ0n) is 16.3. The summed E-state index contributed by atoms with van der Waals surface area (Å²) in [5.74, 6) is 2.29. The van der Waals surface area contributed by atoms with Crippen molar-refractivity contribution in [3.8, 4) is 11.5 Å². The Balaban J connectivity index is 1.64. The summed E-state index contributed by atoms with van der Waals surface area (Å²) in [5.41, 5.74) is 10.2. The van der Waals surface area contributed by atoms with Crippen molar-refractivity contribution >= 4 is 34.6 Å². The fourth-order valence-electron chi connectivity index (χ4n) is 3.50. The van der Waals surface area contributed by atoms with Crippen molar-refractivity contribution in [1.29, 1.82) is 0 Å². The van der Waals surface area contributed by atoms with E-state index >= 15 is 0 Å². The van der Waals surface area contributed by atoms with Crippen molar-refractivity contribution in [2.45, 2.75) is 13.0 Å². The Morgan fingerprint density at radius 2 is 1.83 bits per heavy atom. The van der Waals surface area contributed by atoms with Crippen LogP contribution in [0.2, 0.25) is 5.02 Å². The molecule has 29 heavy (non-hydrogen) atoms. The fourth-order valence-corrected chi connectivity index (χ4v) is 3.74. The third-order valence-corrected chi connectivity index (χ3v) is 5.32. The quantitative estimate of drug-likeness (QED) is 0.655. The molecule has 150 valence electrons.